The maximum atomic E-state index is 5.34. The molecule has 0 saturated heterocycles. The van der Waals surface area contributed by atoms with E-state index in [1.54, 1.807) is 6.07 Å². The molecule has 1 aromatic heterocycles. The molecule has 17 heavy (non-hydrogen) atoms. The first kappa shape index (κ1) is 11.3. The highest BCUT2D eigenvalue weighted by atomic mass is 15.3. The van der Waals surface area contributed by atoms with Gasteiger partial charge in [0.25, 0.3) is 0 Å². The number of nitrogens with one attached hydrogen (secondary N) is 2. The summed E-state index contributed by atoms with van der Waals surface area (Å²) in [5.74, 6) is 6.47. The summed E-state index contributed by atoms with van der Waals surface area (Å²) in [6, 6.07) is 9.75. The van der Waals surface area contributed by atoms with Crippen LogP contribution in [-0.4, -0.2) is 9.97 Å². The number of hydrogen-bond donors (Lipinski definition) is 3. The summed E-state index contributed by atoms with van der Waals surface area (Å²) in [5.41, 5.74) is 5.49. The monoisotopic (exact) mass is 229 g/mol. The molecule has 0 bridgehead atoms. The number of nitrogens with zero attached hydrogens (tertiary/aromatic N) is 2. The molecule has 0 amide bonds. The van der Waals surface area contributed by atoms with Gasteiger partial charge in [-0.05, 0) is 25.5 Å². The van der Waals surface area contributed by atoms with Gasteiger partial charge in [0, 0.05) is 17.4 Å². The van der Waals surface area contributed by atoms with Gasteiger partial charge in [-0.1, -0.05) is 18.2 Å². The van der Waals surface area contributed by atoms with Gasteiger partial charge in [0.15, 0.2) is 0 Å². The third kappa shape index (κ3) is 2.70. The van der Waals surface area contributed by atoms with Crippen LogP contribution in [0.25, 0.3) is 0 Å². The summed E-state index contributed by atoms with van der Waals surface area (Å²) in [6.07, 6.45) is 0. The van der Waals surface area contributed by atoms with Gasteiger partial charge in [-0.3, -0.25) is 0 Å². The molecule has 0 atom stereocenters. The Morgan fingerprint density at radius 3 is 2.59 bits per heavy atom. The maximum Gasteiger partial charge on any atom is 0.229 e. The Morgan fingerprint density at radius 2 is 1.88 bits per heavy atom. The minimum atomic E-state index is 0.534. The molecule has 0 saturated carbocycles. The molecule has 5 heteroatoms. The van der Waals surface area contributed by atoms with Crippen LogP contribution in [0.5, 0.6) is 0 Å². The normalized spacial score (nSPS) is 10.1. The first-order chi connectivity index (χ1) is 8.19. The zero-order chi connectivity index (χ0) is 12.3. The van der Waals surface area contributed by atoms with Gasteiger partial charge in [0.1, 0.15) is 5.82 Å². The van der Waals surface area contributed by atoms with Crippen LogP contribution >= 0.6 is 0 Å². The number of anilines is 3. The van der Waals surface area contributed by atoms with Gasteiger partial charge in [0.05, 0.1) is 0 Å². The van der Waals surface area contributed by atoms with E-state index in [2.05, 4.69) is 20.7 Å². The molecule has 4 N–H and O–H groups in total. The Kier molecular flexibility index (Phi) is 3.20. The van der Waals surface area contributed by atoms with Crippen molar-refractivity contribution in [3.63, 3.8) is 0 Å². The number of hydrogen-bond acceptors (Lipinski definition) is 5. The second-order valence-electron chi connectivity index (χ2n) is 3.80. The van der Waals surface area contributed by atoms with Gasteiger partial charge in [-0.15, -0.1) is 0 Å². The second kappa shape index (κ2) is 4.80. The van der Waals surface area contributed by atoms with Crippen molar-refractivity contribution >= 4 is 17.5 Å². The van der Waals surface area contributed by atoms with Crippen LogP contribution in [0.2, 0.25) is 0 Å². The SMILES string of the molecule is Cc1cc(NN)nc(Nc2ccccc2C)n1. The standard InChI is InChI=1S/C12H15N5/c1-8-5-3-4-6-10(8)15-12-14-9(2)7-11(16-12)17-13/h3-7H,13H2,1-2H3,(H2,14,15,16,17). The molecule has 0 aliphatic heterocycles. The summed E-state index contributed by atoms with van der Waals surface area (Å²) < 4.78 is 0. The lowest BCUT2D eigenvalue weighted by atomic mass is 10.2. The van der Waals surface area contributed by atoms with Crippen LogP contribution in [0.3, 0.4) is 0 Å². The number of aryl methyl sites for hydroxylation is 2. The Morgan fingerprint density at radius 1 is 1.12 bits per heavy atom. The lowest BCUT2D eigenvalue weighted by Gasteiger charge is -2.09. The van der Waals surface area contributed by atoms with Gasteiger partial charge < -0.3 is 10.7 Å². The third-order valence-corrected chi connectivity index (χ3v) is 2.39. The fourth-order valence-electron chi connectivity index (χ4n) is 1.53. The maximum absolute atomic E-state index is 5.34. The number of nitrogens with two attached hydrogens (primary N) is 1. The van der Waals surface area contributed by atoms with Crippen molar-refractivity contribution in [2.75, 3.05) is 10.7 Å². The predicted molar refractivity (Wildman–Crippen MR) is 69.0 cm³/mol. The molecule has 0 aliphatic rings. The average Bonchev–Trinajstić information content (AvgIpc) is 2.31. The van der Waals surface area contributed by atoms with Gasteiger partial charge in [0.2, 0.25) is 5.95 Å². The van der Waals surface area contributed by atoms with Gasteiger partial charge in [-0.25, -0.2) is 10.8 Å². The van der Waals surface area contributed by atoms with Crippen molar-refractivity contribution in [2.24, 2.45) is 5.84 Å². The molecule has 0 aliphatic carbocycles. The van der Waals surface area contributed by atoms with E-state index in [0.29, 0.717) is 11.8 Å². The van der Waals surface area contributed by atoms with Crippen molar-refractivity contribution in [3.8, 4) is 0 Å². The van der Waals surface area contributed by atoms with Crippen LogP contribution < -0.4 is 16.6 Å². The molecule has 1 heterocycles. The minimum absolute atomic E-state index is 0.534. The number of benzene rings is 1. The topological polar surface area (TPSA) is 75.9 Å². The highest BCUT2D eigenvalue weighted by Crippen LogP contribution is 2.18. The van der Waals surface area contributed by atoms with E-state index in [1.165, 1.54) is 0 Å². The van der Waals surface area contributed by atoms with Crippen molar-refractivity contribution in [3.05, 3.63) is 41.6 Å². The Hall–Kier alpha value is -2.14. The smallest absolute Gasteiger partial charge is 0.229 e. The predicted octanol–water partition coefficient (Wildman–Crippen LogP) is 2.12. The molecule has 1 aromatic carbocycles. The first-order valence-corrected chi connectivity index (χ1v) is 5.34. The summed E-state index contributed by atoms with van der Waals surface area (Å²) in [6.45, 7) is 3.92. The molecular weight excluding hydrogens is 214 g/mol. The minimum Gasteiger partial charge on any atom is -0.324 e. The number of nitrogen functional groups attached to an aromatic ring is 1. The van der Waals surface area contributed by atoms with E-state index < -0.39 is 0 Å². The van der Waals surface area contributed by atoms with Crippen molar-refractivity contribution in [2.45, 2.75) is 13.8 Å². The lowest BCUT2D eigenvalue weighted by molar-refractivity contribution is 1.09. The third-order valence-electron chi connectivity index (χ3n) is 2.39. The lowest BCUT2D eigenvalue weighted by Crippen LogP contribution is -2.10. The van der Waals surface area contributed by atoms with Crippen LogP contribution in [0.1, 0.15) is 11.3 Å². The Labute approximate surface area is 100 Å². The zero-order valence-corrected chi connectivity index (χ0v) is 9.86. The first-order valence-electron chi connectivity index (χ1n) is 5.34. The summed E-state index contributed by atoms with van der Waals surface area (Å²) >= 11 is 0. The fraction of sp³-hybridized carbons (Fsp3) is 0.167. The summed E-state index contributed by atoms with van der Waals surface area (Å²) in [4.78, 5) is 8.53. The molecule has 0 fully saturated rings. The van der Waals surface area contributed by atoms with E-state index in [0.717, 1.165) is 16.9 Å². The van der Waals surface area contributed by atoms with Gasteiger partial charge >= 0.3 is 0 Å². The fourth-order valence-corrected chi connectivity index (χ4v) is 1.53. The van der Waals surface area contributed by atoms with Crippen LogP contribution in [0.4, 0.5) is 17.5 Å². The highest BCUT2D eigenvalue weighted by molar-refractivity contribution is 5.59. The summed E-state index contributed by atoms with van der Waals surface area (Å²) in [7, 11) is 0. The average molecular weight is 229 g/mol. The molecule has 0 radical (unpaired) electrons. The molecule has 0 spiro atoms. The van der Waals surface area contributed by atoms with E-state index in [-0.39, 0.29) is 0 Å². The Bertz CT molecular complexity index is 524. The number of hydrazine groups is 1. The highest BCUT2D eigenvalue weighted by Gasteiger charge is 2.03. The van der Waals surface area contributed by atoms with Crippen molar-refractivity contribution < 1.29 is 0 Å². The number of para-hydroxylation sites is 1. The van der Waals surface area contributed by atoms with E-state index in [1.807, 2.05) is 38.1 Å². The molecule has 88 valence electrons. The van der Waals surface area contributed by atoms with Crippen LogP contribution in [-0.2, 0) is 0 Å². The molecule has 2 rings (SSSR count). The van der Waals surface area contributed by atoms with Crippen LogP contribution in [0.15, 0.2) is 30.3 Å². The summed E-state index contributed by atoms with van der Waals surface area (Å²) in [5, 5.41) is 3.17. The zero-order valence-electron chi connectivity index (χ0n) is 9.86. The van der Waals surface area contributed by atoms with Crippen molar-refractivity contribution in [1.29, 1.82) is 0 Å². The second-order valence-corrected chi connectivity index (χ2v) is 3.80. The van der Waals surface area contributed by atoms with E-state index in [4.69, 9.17) is 5.84 Å². The van der Waals surface area contributed by atoms with Crippen LogP contribution in [0, 0.1) is 13.8 Å². The molecule has 5 nitrogen and oxygen atoms in total. The largest absolute Gasteiger partial charge is 0.324 e. The van der Waals surface area contributed by atoms with Crippen molar-refractivity contribution in [1.82, 2.24) is 9.97 Å². The molecule has 2 aromatic rings. The van der Waals surface area contributed by atoms with E-state index in [9.17, 15) is 0 Å². The van der Waals surface area contributed by atoms with E-state index >= 15 is 0 Å². The molecular formula is C12H15N5. The molecule has 0 unspecified atom stereocenters. The Balaban J connectivity index is 2.30. The number of aromatic nitrogens is 2. The quantitative estimate of drug-likeness (QED) is 0.555. The number of rotatable bonds is 3. The van der Waals surface area contributed by atoms with Gasteiger partial charge in [-0.2, -0.15) is 4.98 Å².